The number of rotatable bonds is 10. The number of alkyl halides is 3. The number of nitriles is 1. The molecule has 1 aliphatic heterocycles. The second kappa shape index (κ2) is 12.0. The number of carbonyl (C=O) groups is 1. The third kappa shape index (κ3) is 5.67. The summed E-state index contributed by atoms with van der Waals surface area (Å²) in [4.78, 5) is 19.7. The second-order valence-electron chi connectivity index (χ2n) is 10.1. The highest BCUT2D eigenvalue weighted by molar-refractivity contribution is 7.81. The Balaban J connectivity index is 1.26. The average molecular weight is 599 g/mol. The lowest BCUT2D eigenvalue weighted by Crippen LogP contribution is -2.55. The van der Waals surface area contributed by atoms with Gasteiger partial charge in [0.2, 0.25) is 0 Å². The van der Waals surface area contributed by atoms with Crippen LogP contribution in [0.5, 0.6) is 5.75 Å². The Morgan fingerprint density at radius 2 is 1.79 bits per heavy atom. The van der Waals surface area contributed by atoms with Crippen LogP contribution in [0.4, 0.5) is 28.9 Å². The van der Waals surface area contributed by atoms with E-state index in [1.807, 2.05) is 30.3 Å². The molecule has 218 valence electrons. The zero-order valence-corrected chi connectivity index (χ0v) is 23.2. The van der Waals surface area contributed by atoms with Crippen LogP contribution in [0, 0.1) is 17.1 Å². The SMILES string of the molecule is N#Cc1ncc(N2C(=O)C3(CCC3)N(c3ccc(OCCCCOCc4ccccc4)c(F)c3)C2=S)cc1C(F)(F)F. The molecule has 3 aromatic rings. The zero-order chi connectivity index (χ0) is 29.9. The lowest BCUT2D eigenvalue weighted by molar-refractivity contribution is -0.138. The van der Waals surface area contributed by atoms with Gasteiger partial charge in [0, 0.05) is 18.4 Å². The molecule has 2 fully saturated rings. The number of nitrogens with zero attached hydrogens (tertiary/aromatic N) is 4. The van der Waals surface area contributed by atoms with Crippen LogP contribution in [0.3, 0.4) is 0 Å². The fourth-order valence-corrected chi connectivity index (χ4v) is 5.56. The second-order valence-corrected chi connectivity index (χ2v) is 10.4. The minimum Gasteiger partial charge on any atom is -0.491 e. The first-order valence-corrected chi connectivity index (χ1v) is 13.8. The lowest BCUT2D eigenvalue weighted by Gasteiger charge is -2.43. The van der Waals surface area contributed by atoms with Crippen LogP contribution in [0.2, 0.25) is 0 Å². The Labute approximate surface area is 245 Å². The smallest absolute Gasteiger partial charge is 0.419 e. The monoisotopic (exact) mass is 598 g/mol. The predicted octanol–water partition coefficient (Wildman–Crippen LogP) is 6.55. The average Bonchev–Trinajstić information content (AvgIpc) is 3.19. The minimum atomic E-state index is -4.86. The van der Waals surface area contributed by atoms with Gasteiger partial charge in [0.05, 0.1) is 30.7 Å². The highest BCUT2D eigenvalue weighted by Crippen LogP contribution is 2.48. The van der Waals surface area contributed by atoms with Crippen LogP contribution in [0.1, 0.15) is 48.9 Å². The molecule has 0 bridgehead atoms. The summed E-state index contributed by atoms with van der Waals surface area (Å²) in [6.45, 7) is 1.33. The first kappa shape index (κ1) is 29.4. The lowest BCUT2D eigenvalue weighted by atomic mass is 9.75. The van der Waals surface area contributed by atoms with Crippen molar-refractivity contribution in [3.05, 3.63) is 83.4 Å². The van der Waals surface area contributed by atoms with Crippen molar-refractivity contribution in [3.8, 4) is 11.8 Å². The first-order valence-electron chi connectivity index (χ1n) is 13.4. The number of amides is 1. The van der Waals surface area contributed by atoms with E-state index in [9.17, 15) is 18.0 Å². The molecule has 5 rings (SSSR count). The number of ether oxygens (including phenoxy) is 2. The van der Waals surface area contributed by atoms with Gasteiger partial charge in [-0.15, -0.1) is 0 Å². The molecule has 2 aromatic carbocycles. The van der Waals surface area contributed by atoms with Crippen LogP contribution in [-0.4, -0.2) is 34.8 Å². The summed E-state index contributed by atoms with van der Waals surface area (Å²) in [6.07, 6.45) is -0.989. The van der Waals surface area contributed by atoms with E-state index in [0.29, 0.717) is 45.0 Å². The van der Waals surface area contributed by atoms with E-state index in [0.717, 1.165) is 23.1 Å². The van der Waals surface area contributed by atoms with Gasteiger partial charge in [0.1, 0.15) is 11.6 Å². The molecule has 1 saturated heterocycles. The molecule has 1 spiro atoms. The summed E-state index contributed by atoms with van der Waals surface area (Å²) in [5.74, 6) is -1.14. The predicted molar refractivity (Wildman–Crippen MR) is 150 cm³/mol. The van der Waals surface area contributed by atoms with E-state index in [-0.39, 0.29) is 28.8 Å². The summed E-state index contributed by atoms with van der Waals surface area (Å²) in [6, 6.07) is 16.1. The summed E-state index contributed by atoms with van der Waals surface area (Å²) in [5, 5.41) is 8.98. The molecule has 1 saturated carbocycles. The van der Waals surface area contributed by atoms with Crippen LogP contribution in [0.25, 0.3) is 0 Å². The first-order chi connectivity index (χ1) is 20.2. The number of unbranched alkanes of at least 4 members (excludes halogenated alkanes) is 1. The Kier molecular flexibility index (Phi) is 8.43. The zero-order valence-electron chi connectivity index (χ0n) is 22.4. The van der Waals surface area contributed by atoms with Crippen molar-refractivity contribution in [3.63, 3.8) is 0 Å². The van der Waals surface area contributed by atoms with Crippen molar-refractivity contribution in [1.82, 2.24) is 4.98 Å². The normalized spacial score (nSPS) is 16.1. The molecule has 0 N–H and O–H groups in total. The van der Waals surface area contributed by atoms with Crippen molar-refractivity contribution in [2.24, 2.45) is 0 Å². The van der Waals surface area contributed by atoms with Crippen molar-refractivity contribution in [2.45, 2.75) is 50.4 Å². The van der Waals surface area contributed by atoms with E-state index >= 15 is 4.39 Å². The Bertz CT molecular complexity index is 1520. The maximum atomic E-state index is 15.1. The molecule has 1 aliphatic carbocycles. The molecule has 2 aliphatic rings. The summed E-state index contributed by atoms with van der Waals surface area (Å²) >= 11 is 5.57. The minimum absolute atomic E-state index is 0.0334. The highest BCUT2D eigenvalue weighted by Gasteiger charge is 2.59. The molecule has 42 heavy (non-hydrogen) atoms. The summed E-state index contributed by atoms with van der Waals surface area (Å²) in [7, 11) is 0. The number of hydrogen-bond donors (Lipinski definition) is 0. The Morgan fingerprint density at radius 3 is 2.43 bits per heavy atom. The molecule has 0 radical (unpaired) electrons. The molecular formula is C30H26F4N4O3S. The van der Waals surface area contributed by atoms with E-state index in [1.54, 1.807) is 6.07 Å². The quantitative estimate of drug-likeness (QED) is 0.149. The van der Waals surface area contributed by atoms with Gasteiger partial charge in [-0.25, -0.2) is 9.37 Å². The molecule has 0 unspecified atom stereocenters. The van der Waals surface area contributed by atoms with Crippen molar-refractivity contribution in [1.29, 1.82) is 5.26 Å². The third-order valence-corrected chi connectivity index (χ3v) is 7.73. The van der Waals surface area contributed by atoms with Crippen molar-refractivity contribution in [2.75, 3.05) is 23.0 Å². The molecule has 2 heterocycles. The van der Waals surface area contributed by atoms with Gasteiger partial charge in [-0.3, -0.25) is 9.69 Å². The van der Waals surface area contributed by atoms with Crippen molar-refractivity contribution >= 4 is 34.6 Å². The van der Waals surface area contributed by atoms with Crippen LogP contribution < -0.4 is 14.5 Å². The van der Waals surface area contributed by atoms with E-state index in [4.69, 9.17) is 27.0 Å². The molecule has 1 aromatic heterocycles. The number of aromatic nitrogens is 1. The summed E-state index contributed by atoms with van der Waals surface area (Å²) < 4.78 is 67.1. The highest BCUT2D eigenvalue weighted by atomic mass is 32.1. The standard InChI is InChI=1S/C30H26F4N4O3S/c31-24-16-21(9-10-26(24)41-14-5-4-13-40-19-20-7-2-1-3-8-20)38-28(42)37(27(39)29(38)11-6-12-29)22-15-23(30(32,33)34)25(17-35)36-18-22/h1-3,7-10,15-16,18H,4-6,11-14,19H2. The number of benzene rings is 2. The molecule has 7 nitrogen and oxygen atoms in total. The van der Waals surface area contributed by atoms with Gasteiger partial charge in [0.15, 0.2) is 22.4 Å². The van der Waals surface area contributed by atoms with Gasteiger partial charge < -0.3 is 14.4 Å². The topological polar surface area (TPSA) is 78.7 Å². The molecule has 0 atom stereocenters. The Hall–Kier alpha value is -4.08. The van der Waals surface area contributed by atoms with Gasteiger partial charge in [0.25, 0.3) is 5.91 Å². The number of anilines is 2. The van der Waals surface area contributed by atoms with Crippen molar-refractivity contribution < 1.29 is 31.8 Å². The number of halogens is 4. The van der Waals surface area contributed by atoms with Crippen LogP contribution >= 0.6 is 12.2 Å². The number of carbonyl (C=O) groups excluding carboxylic acids is 1. The summed E-state index contributed by atoms with van der Waals surface area (Å²) in [5.41, 5.74) is -2.06. The number of pyridine rings is 1. The third-order valence-electron chi connectivity index (χ3n) is 7.36. The fourth-order valence-electron chi connectivity index (χ4n) is 5.09. The molecule has 12 heteroatoms. The fraction of sp³-hybridized carbons (Fsp3) is 0.333. The van der Waals surface area contributed by atoms with Gasteiger partial charge in [-0.05, 0) is 68.1 Å². The van der Waals surface area contributed by atoms with E-state index in [2.05, 4.69) is 4.98 Å². The van der Waals surface area contributed by atoms with Crippen LogP contribution in [0.15, 0.2) is 60.8 Å². The Morgan fingerprint density at radius 1 is 1.05 bits per heavy atom. The van der Waals surface area contributed by atoms with Gasteiger partial charge >= 0.3 is 6.18 Å². The molecule has 1 amide bonds. The number of thiocarbonyl (C=S) groups is 1. The van der Waals surface area contributed by atoms with Gasteiger partial charge in [-0.1, -0.05) is 30.3 Å². The maximum absolute atomic E-state index is 15.1. The van der Waals surface area contributed by atoms with E-state index in [1.165, 1.54) is 23.1 Å². The number of hydrogen-bond acceptors (Lipinski definition) is 6. The maximum Gasteiger partial charge on any atom is 0.419 e. The van der Waals surface area contributed by atoms with E-state index < -0.39 is 34.7 Å². The largest absolute Gasteiger partial charge is 0.491 e. The molecular weight excluding hydrogens is 572 g/mol. The van der Waals surface area contributed by atoms with Crippen LogP contribution in [-0.2, 0) is 22.3 Å². The van der Waals surface area contributed by atoms with Gasteiger partial charge in [-0.2, -0.15) is 18.4 Å².